The van der Waals surface area contributed by atoms with Gasteiger partial charge in [-0.1, -0.05) is 19.9 Å². The van der Waals surface area contributed by atoms with Gasteiger partial charge in [-0.25, -0.2) is 4.98 Å². The highest BCUT2D eigenvalue weighted by Gasteiger charge is 2.17. The number of likely N-dealkylation sites (N-methyl/N-ethyl adjacent to an activating group) is 1. The van der Waals surface area contributed by atoms with Gasteiger partial charge in [0.2, 0.25) is 11.8 Å². The van der Waals surface area contributed by atoms with E-state index in [0.29, 0.717) is 19.0 Å². The van der Waals surface area contributed by atoms with Crippen molar-refractivity contribution in [1.29, 1.82) is 0 Å². The minimum absolute atomic E-state index is 0.0654. The summed E-state index contributed by atoms with van der Waals surface area (Å²) in [6, 6.07) is 3.93. The Kier molecular flexibility index (Phi) is 6.93. The summed E-state index contributed by atoms with van der Waals surface area (Å²) in [5.41, 5.74) is 0.783. The molecule has 2 aromatic rings. The molecule has 0 aliphatic carbocycles. The van der Waals surface area contributed by atoms with Gasteiger partial charge in [-0.2, -0.15) is 0 Å². The lowest BCUT2D eigenvalue weighted by Gasteiger charge is -2.20. The highest BCUT2D eigenvalue weighted by Crippen LogP contribution is 2.19. The molecule has 0 saturated carbocycles. The molecule has 2 rings (SSSR count). The van der Waals surface area contributed by atoms with Crippen LogP contribution in [0.2, 0.25) is 0 Å². The predicted molar refractivity (Wildman–Crippen MR) is 98.3 cm³/mol. The van der Waals surface area contributed by atoms with E-state index in [1.807, 2.05) is 29.8 Å². The lowest BCUT2D eigenvalue weighted by Crippen LogP contribution is -2.41. The molecule has 2 heterocycles. The molecule has 0 aliphatic rings. The monoisotopic (exact) mass is 365 g/mol. The van der Waals surface area contributed by atoms with Gasteiger partial charge < -0.3 is 10.2 Å². The Labute approximate surface area is 150 Å². The Morgan fingerprint density at radius 2 is 2.12 bits per heavy atom. The van der Waals surface area contributed by atoms with E-state index in [1.54, 1.807) is 27.6 Å². The van der Waals surface area contributed by atoms with Gasteiger partial charge in [0.05, 0.1) is 30.2 Å². The van der Waals surface area contributed by atoms with Crippen molar-refractivity contribution in [3.8, 4) is 0 Å². The summed E-state index contributed by atoms with van der Waals surface area (Å²) in [7, 11) is 0. The molecule has 0 unspecified atom stereocenters. The summed E-state index contributed by atoms with van der Waals surface area (Å²) in [6.45, 7) is 7.15. The zero-order chi connectivity index (χ0) is 17.5. The van der Waals surface area contributed by atoms with Gasteiger partial charge in [0.1, 0.15) is 0 Å². The van der Waals surface area contributed by atoms with Gasteiger partial charge in [0, 0.05) is 22.7 Å². The molecule has 130 valence electrons. The van der Waals surface area contributed by atoms with Crippen LogP contribution in [0.1, 0.15) is 42.3 Å². The van der Waals surface area contributed by atoms with Crippen molar-refractivity contribution in [3.05, 3.63) is 38.5 Å². The van der Waals surface area contributed by atoms with Crippen molar-refractivity contribution in [2.24, 2.45) is 0 Å². The second kappa shape index (κ2) is 8.94. The fourth-order valence-electron chi connectivity index (χ4n) is 2.14. The largest absolute Gasteiger partial charge is 0.350 e. The van der Waals surface area contributed by atoms with Crippen LogP contribution in [0, 0.1) is 0 Å². The molecule has 0 fully saturated rings. The summed E-state index contributed by atoms with van der Waals surface area (Å²) in [5.74, 6) is 0.160. The fourth-order valence-corrected chi connectivity index (χ4v) is 3.62. The number of carbonyl (C=O) groups excluding carboxylic acids is 2. The highest BCUT2D eigenvalue weighted by molar-refractivity contribution is 7.10. The van der Waals surface area contributed by atoms with Crippen LogP contribution < -0.4 is 5.32 Å². The first-order chi connectivity index (χ1) is 11.5. The SMILES string of the molecule is CCN(CC(=O)NCc1cccs1)C(=O)Cc1csc(C(C)C)n1. The second-order valence-electron chi connectivity index (χ2n) is 5.77. The first kappa shape index (κ1) is 18.6. The first-order valence-electron chi connectivity index (χ1n) is 8.00. The van der Waals surface area contributed by atoms with Crippen molar-refractivity contribution < 1.29 is 9.59 Å². The maximum atomic E-state index is 12.4. The van der Waals surface area contributed by atoms with Gasteiger partial charge >= 0.3 is 0 Å². The van der Waals surface area contributed by atoms with E-state index in [-0.39, 0.29) is 24.8 Å². The van der Waals surface area contributed by atoms with Crippen molar-refractivity contribution >= 4 is 34.5 Å². The minimum atomic E-state index is -0.139. The maximum Gasteiger partial charge on any atom is 0.239 e. The lowest BCUT2D eigenvalue weighted by molar-refractivity contribution is -0.135. The van der Waals surface area contributed by atoms with Crippen molar-refractivity contribution in [1.82, 2.24) is 15.2 Å². The quantitative estimate of drug-likeness (QED) is 0.782. The van der Waals surface area contributed by atoms with Crippen LogP contribution in [0.25, 0.3) is 0 Å². The highest BCUT2D eigenvalue weighted by atomic mass is 32.1. The molecule has 7 heteroatoms. The number of nitrogens with one attached hydrogen (secondary N) is 1. The van der Waals surface area contributed by atoms with Gasteiger partial charge in [-0.3, -0.25) is 9.59 Å². The standard InChI is InChI=1S/C17H23N3O2S2/c1-4-20(10-15(21)18-9-14-6-5-7-23-14)16(22)8-13-11-24-17(19-13)12(2)3/h5-7,11-12H,4,8-10H2,1-3H3,(H,18,21). The number of thiophene rings is 1. The van der Waals surface area contributed by atoms with Gasteiger partial charge in [-0.15, -0.1) is 22.7 Å². The Bertz CT molecular complexity index is 665. The van der Waals surface area contributed by atoms with E-state index in [9.17, 15) is 9.59 Å². The number of hydrogen-bond donors (Lipinski definition) is 1. The molecule has 2 aromatic heterocycles. The van der Waals surface area contributed by atoms with E-state index in [2.05, 4.69) is 24.1 Å². The van der Waals surface area contributed by atoms with Crippen molar-refractivity contribution in [2.75, 3.05) is 13.1 Å². The third kappa shape index (κ3) is 5.42. The number of hydrogen-bond acceptors (Lipinski definition) is 5. The molecule has 24 heavy (non-hydrogen) atoms. The number of nitrogens with zero attached hydrogens (tertiary/aromatic N) is 2. The topological polar surface area (TPSA) is 62.3 Å². The van der Waals surface area contributed by atoms with E-state index in [4.69, 9.17) is 0 Å². The average molecular weight is 366 g/mol. The van der Waals surface area contributed by atoms with Crippen LogP contribution in [-0.4, -0.2) is 34.8 Å². The summed E-state index contributed by atoms with van der Waals surface area (Å²) in [4.78, 5) is 31.6. The Hall–Kier alpha value is -1.73. The van der Waals surface area contributed by atoms with E-state index in [0.717, 1.165) is 15.6 Å². The van der Waals surface area contributed by atoms with Crippen LogP contribution in [0.5, 0.6) is 0 Å². The lowest BCUT2D eigenvalue weighted by atomic mass is 10.2. The summed E-state index contributed by atoms with van der Waals surface area (Å²) in [5, 5.41) is 7.79. The van der Waals surface area contributed by atoms with Crippen molar-refractivity contribution in [3.63, 3.8) is 0 Å². The number of aromatic nitrogens is 1. The molecule has 0 aliphatic heterocycles. The van der Waals surface area contributed by atoms with E-state index >= 15 is 0 Å². The molecule has 0 saturated heterocycles. The first-order valence-corrected chi connectivity index (χ1v) is 9.76. The van der Waals surface area contributed by atoms with Crippen molar-refractivity contribution in [2.45, 2.75) is 39.7 Å². The third-order valence-corrected chi connectivity index (χ3v) is 5.58. The van der Waals surface area contributed by atoms with Crippen LogP contribution in [-0.2, 0) is 22.6 Å². The molecule has 1 N–H and O–H groups in total. The summed E-state index contributed by atoms with van der Waals surface area (Å²) >= 11 is 3.18. The average Bonchev–Trinajstić information content (AvgIpc) is 3.21. The van der Waals surface area contributed by atoms with Crippen LogP contribution >= 0.6 is 22.7 Å². The summed E-state index contributed by atoms with van der Waals surface area (Å²) in [6.07, 6.45) is 0.245. The number of rotatable bonds is 8. The number of carbonyl (C=O) groups is 2. The molecule has 0 spiro atoms. The van der Waals surface area contributed by atoms with E-state index in [1.165, 1.54) is 0 Å². The summed E-state index contributed by atoms with van der Waals surface area (Å²) < 4.78 is 0. The third-order valence-electron chi connectivity index (χ3n) is 3.50. The smallest absolute Gasteiger partial charge is 0.239 e. The van der Waals surface area contributed by atoms with Gasteiger partial charge in [0.15, 0.2) is 0 Å². The molecule has 0 aromatic carbocycles. The Morgan fingerprint density at radius 3 is 2.71 bits per heavy atom. The molecular weight excluding hydrogens is 342 g/mol. The molecule has 0 bridgehead atoms. The van der Waals surface area contributed by atoms with Crippen LogP contribution in [0.3, 0.4) is 0 Å². The normalized spacial score (nSPS) is 10.8. The zero-order valence-corrected chi connectivity index (χ0v) is 15.9. The minimum Gasteiger partial charge on any atom is -0.350 e. The Morgan fingerprint density at radius 1 is 1.33 bits per heavy atom. The number of amides is 2. The molecular formula is C17H23N3O2S2. The molecule has 0 radical (unpaired) electrons. The van der Waals surface area contributed by atoms with Gasteiger partial charge in [-0.05, 0) is 18.4 Å². The predicted octanol–water partition coefficient (Wildman–Crippen LogP) is 3.04. The second-order valence-corrected chi connectivity index (χ2v) is 7.69. The maximum absolute atomic E-state index is 12.4. The Balaban J connectivity index is 1.84. The fraction of sp³-hybridized carbons (Fsp3) is 0.471. The number of thiazole rings is 1. The molecule has 5 nitrogen and oxygen atoms in total. The van der Waals surface area contributed by atoms with Gasteiger partial charge in [0.25, 0.3) is 0 Å². The van der Waals surface area contributed by atoms with Crippen LogP contribution in [0.15, 0.2) is 22.9 Å². The van der Waals surface area contributed by atoms with Crippen LogP contribution in [0.4, 0.5) is 0 Å². The molecule has 2 amide bonds. The molecule has 0 atom stereocenters. The zero-order valence-electron chi connectivity index (χ0n) is 14.2. The van der Waals surface area contributed by atoms with E-state index < -0.39 is 0 Å².